The molecule has 216 valence electrons. The Morgan fingerprint density at radius 1 is 1.15 bits per heavy atom. The molecular formula is C27H33F3N6O4. The van der Waals surface area contributed by atoms with E-state index in [1.54, 1.807) is 29.2 Å². The quantitative estimate of drug-likeness (QED) is 0.293. The summed E-state index contributed by atoms with van der Waals surface area (Å²) >= 11 is 0. The standard InChI is InChI=1S/C27H33F3N6O4/c1-6-36(7-2)26-31-14-18(13-27(28,29)30)22(35-26)32-19(25(38)39)12-16-8-10-17(11-9-16)20-23(37)33-21(15(3)4)34-24(20)40-5/h8-11,14-15,19H,6-7,12-13H2,1-5H3,(H,38,39)(H,31,32,35)(H,33,34,37)/t19-/m0/s1. The number of aliphatic carboxylic acids is 1. The minimum Gasteiger partial charge on any atom is -0.480 e. The SMILES string of the molecule is CCN(CC)c1ncc(CC(F)(F)F)c(N[C@@H](Cc2ccc(-c3c(OC)nc(C(C)C)[nH]c3=O)cc2)C(=O)O)n1. The minimum atomic E-state index is -4.54. The Hall–Kier alpha value is -4.16. The van der Waals surface area contributed by atoms with E-state index in [1.807, 2.05) is 27.7 Å². The summed E-state index contributed by atoms with van der Waals surface area (Å²) < 4.78 is 45.0. The summed E-state index contributed by atoms with van der Waals surface area (Å²) in [5.74, 6) is -0.634. The van der Waals surface area contributed by atoms with Gasteiger partial charge in [-0.15, -0.1) is 0 Å². The fraction of sp³-hybridized carbons (Fsp3) is 0.444. The highest BCUT2D eigenvalue weighted by atomic mass is 19.4. The molecule has 0 saturated carbocycles. The van der Waals surface area contributed by atoms with E-state index in [0.717, 1.165) is 6.20 Å². The van der Waals surface area contributed by atoms with Crippen LogP contribution in [-0.4, -0.2) is 63.4 Å². The van der Waals surface area contributed by atoms with Crippen LogP contribution in [0.15, 0.2) is 35.3 Å². The number of ether oxygens (including phenoxy) is 1. The van der Waals surface area contributed by atoms with Gasteiger partial charge in [0.15, 0.2) is 0 Å². The summed E-state index contributed by atoms with van der Waals surface area (Å²) in [5, 5.41) is 12.6. The number of hydrogen-bond acceptors (Lipinski definition) is 8. The van der Waals surface area contributed by atoms with Crippen LogP contribution in [0.1, 0.15) is 50.6 Å². The monoisotopic (exact) mass is 562 g/mol. The summed E-state index contributed by atoms with van der Waals surface area (Å²) in [6.07, 6.45) is -4.83. The first-order valence-corrected chi connectivity index (χ1v) is 12.8. The lowest BCUT2D eigenvalue weighted by molar-refractivity contribution is -0.137. The summed E-state index contributed by atoms with van der Waals surface area (Å²) in [6, 6.07) is 5.26. The number of anilines is 2. The molecule has 3 N–H and O–H groups in total. The molecule has 0 fully saturated rings. The lowest BCUT2D eigenvalue weighted by Crippen LogP contribution is -2.33. The van der Waals surface area contributed by atoms with Gasteiger partial charge in [-0.3, -0.25) is 4.79 Å². The van der Waals surface area contributed by atoms with Crippen molar-refractivity contribution in [3.8, 4) is 17.0 Å². The number of halogens is 3. The third-order valence-corrected chi connectivity index (χ3v) is 6.23. The Kier molecular flexibility index (Phi) is 9.72. The van der Waals surface area contributed by atoms with E-state index >= 15 is 0 Å². The van der Waals surface area contributed by atoms with Gasteiger partial charge in [-0.05, 0) is 25.0 Å². The van der Waals surface area contributed by atoms with E-state index in [0.29, 0.717) is 30.0 Å². The Balaban J connectivity index is 1.91. The van der Waals surface area contributed by atoms with Crippen LogP contribution in [0.25, 0.3) is 11.1 Å². The van der Waals surface area contributed by atoms with Gasteiger partial charge in [0.1, 0.15) is 23.2 Å². The van der Waals surface area contributed by atoms with E-state index in [9.17, 15) is 27.9 Å². The number of alkyl halides is 3. The topological polar surface area (TPSA) is 133 Å². The van der Waals surface area contributed by atoms with Crippen LogP contribution in [0.5, 0.6) is 5.88 Å². The number of carboxylic acids is 1. The highest BCUT2D eigenvalue weighted by molar-refractivity contribution is 5.78. The fourth-order valence-electron chi connectivity index (χ4n) is 4.08. The number of nitrogens with zero attached hydrogens (tertiary/aromatic N) is 4. The second kappa shape index (κ2) is 12.8. The summed E-state index contributed by atoms with van der Waals surface area (Å²) in [6.45, 7) is 8.52. The largest absolute Gasteiger partial charge is 0.480 e. The zero-order chi connectivity index (χ0) is 29.6. The Bertz CT molecular complexity index is 1370. The van der Waals surface area contributed by atoms with Gasteiger partial charge in [0.25, 0.3) is 5.56 Å². The molecule has 0 aliphatic carbocycles. The van der Waals surface area contributed by atoms with Gasteiger partial charge in [-0.1, -0.05) is 38.1 Å². The molecule has 2 aromatic heterocycles. The molecule has 0 aliphatic rings. The van der Waals surface area contributed by atoms with Crippen molar-refractivity contribution >= 4 is 17.7 Å². The van der Waals surface area contributed by atoms with Gasteiger partial charge in [0, 0.05) is 37.2 Å². The van der Waals surface area contributed by atoms with Crippen molar-refractivity contribution in [2.75, 3.05) is 30.4 Å². The Labute approximate surface area is 229 Å². The Morgan fingerprint density at radius 2 is 1.80 bits per heavy atom. The van der Waals surface area contributed by atoms with Crippen molar-refractivity contribution in [1.82, 2.24) is 19.9 Å². The number of methoxy groups -OCH3 is 1. The average molecular weight is 563 g/mol. The summed E-state index contributed by atoms with van der Waals surface area (Å²) in [7, 11) is 1.42. The highest BCUT2D eigenvalue weighted by Gasteiger charge is 2.31. The van der Waals surface area contributed by atoms with Gasteiger partial charge < -0.3 is 25.0 Å². The minimum absolute atomic E-state index is 0.0203. The number of carboxylic acid groups (broad SMARTS) is 1. The highest BCUT2D eigenvalue weighted by Crippen LogP contribution is 2.28. The number of aromatic amines is 1. The van der Waals surface area contributed by atoms with Crippen LogP contribution in [-0.2, 0) is 17.6 Å². The van der Waals surface area contributed by atoms with Crippen molar-refractivity contribution in [3.63, 3.8) is 0 Å². The molecule has 0 saturated heterocycles. The maximum atomic E-state index is 13.2. The van der Waals surface area contributed by atoms with E-state index in [-0.39, 0.29) is 46.7 Å². The van der Waals surface area contributed by atoms with Gasteiger partial charge >= 0.3 is 12.1 Å². The van der Waals surface area contributed by atoms with E-state index in [1.165, 1.54) is 7.11 Å². The molecule has 3 rings (SSSR count). The van der Waals surface area contributed by atoms with Crippen molar-refractivity contribution in [1.29, 1.82) is 0 Å². The number of H-pyrrole nitrogens is 1. The van der Waals surface area contributed by atoms with E-state index < -0.39 is 24.6 Å². The molecule has 2 heterocycles. The van der Waals surface area contributed by atoms with Crippen molar-refractivity contribution < 1.29 is 27.8 Å². The van der Waals surface area contributed by atoms with E-state index in [4.69, 9.17) is 4.74 Å². The van der Waals surface area contributed by atoms with Gasteiger partial charge in [-0.25, -0.2) is 9.78 Å². The predicted octanol–water partition coefficient (Wildman–Crippen LogP) is 4.42. The van der Waals surface area contributed by atoms with Crippen molar-refractivity contribution in [2.24, 2.45) is 0 Å². The average Bonchev–Trinajstić information content (AvgIpc) is 2.89. The van der Waals surface area contributed by atoms with E-state index in [2.05, 4.69) is 25.3 Å². The molecule has 40 heavy (non-hydrogen) atoms. The van der Waals surface area contributed by atoms with Gasteiger partial charge in [0.05, 0.1) is 13.5 Å². The van der Waals surface area contributed by atoms with Crippen LogP contribution in [0.4, 0.5) is 24.9 Å². The Morgan fingerprint density at radius 3 is 2.33 bits per heavy atom. The zero-order valence-corrected chi connectivity index (χ0v) is 23.0. The maximum absolute atomic E-state index is 13.2. The molecule has 10 nitrogen and oxygen atoms in total. The summed E-state index contributed by atoms with van der Waals surface area (Å²) in [5.41, 5.74) is 0.679. The second-order valence-electron chi connectivity index (χ2n) is 9.43. The summed E-state index contributed by atoms with van der Waals surface area (Å²) in [4.78, 5) is 42.1. The van der Waals surface area contributed by atoms with Crippen LogP contribution < -0.4 is 20.5 Å². The molecular weight excluding hydrogens is 529 g/mol. The van der Waals surface area contributed by atoms with Gasteiger partial charge in [0.2, 0.25) is 11.8 Å². The van der Waals surface area contributed by atoms with Crippen molar-refractivity contribution in [3.05, 3.63) is 57.8 Å². The third kappa shape index (κ3) is 7.48. The number of rotatable bonds is 12. The lowest BCUT2D eigenvalue weighted by Gasteiger charge is -2.22. The molecule has 0 spiro atoms. The fourth-order valence-corrected chi connectivity index (χ4v) is 4.08. The predicted molar refractivity (Wildman–Crippen MR) is 145 cm³/mol. The zero-order valence-electron chi connectivity index (χ0n) is 23.0. The first kappa shape index (κ1) is 30.4. The van der Waals surface area contributed by atoms with Crippen LogP contribution in [0.2, 0.25) is 0 Å². The second-order valence-corrected chi connectivity index (χ2v) is 9.43. The molecule has 0 unspecified atom stereocenters. The molecule has 1 atom stereocenters. The molecule has 0 radical (unpaired) electrons. The number of carbonyl (C=O) groups is 1. The molecule has 0 bridgehead atoms. The van der Waals surface area contributed by atoms with Crippen LogP contribution in [0.3, 0.4) is 0 Å². The lowest BCUT2D eigenvalue weighted by atomic mass is 10.0. The molecule has 3 aromatic rings. The van der Waals surface area contributed by atoms with Crippen LogP contribution >= 0.6 is 0 Å². The third-order valence-electron chi connectivity index (χ3n) is 6.23. The number of benzene rings is 1. The smallest absolute Gasteiger partial charge is 0.393 e. The number of nitrogens with one attached hydrogen (secondary N) is 2. The normalized spacial score (nSPS) is 12.3. The van der Waals surface area contributed by atoms with Crippen molar-refractivity contribution in [2.45, 2.75) is 58.7 Å². The molecule has 1 aromatic carbocycles. The first-order valence-electron chi connectivity index (χ1n) is 12.8. The molecule has 13 heteroatoms. The number of hydrogen-bond donors (Lipinski definition) is 3. The van der Waals surface area contributed by atoms with Gasteiger partial charge in [-0.2, -0.15) is 23.1 Å². The molecule has 0 aliphatic heterocycles. The van der Waals surface area contributed by atoms with Crippen LogP contribution in [0, 0.1) is 0 Å². The molecule has 0 amide bonds. The number of aromatic nitrogens is 4. The maximum Gasteiger partial charge on any atom is 0.393 e. The first-order chi connectivity index (χ1) is 18.9.